The molecule has 0 aromatic rings. The largest absolute Gasteiger partial charge is 0.393 e. The molecule has 2 nitrogen and oxygen atoms in total. The van der Waals surface area contributed by atoms with Crippen LogP contribution in [0.5, 0.6) is 0 Å². The first-order valence-corrected chi connectivity index (χ1v) is 8.68. The van der Waals surface area contributed by atoms with Gasteiger partial charge in [-0.15, -0.1) is 0 Å². The summed E-state index contributed by atoms with van der Waals surface area (Å²) in [6.45, 7) is 11.9. The van der Waals surface area contributed by atoms with Gasteiger partial charge in [-0.3, -0.25) is 0 Å². The summed E-state index contributed by atoms with van der Waals surface area (Å²) >= 11 is 0. The minimum Gasteiger partial charge on any atom is -0.393 e. The Morgan fingerprint density at radius 1 is 1.22 bits per heavy atom. The molecule has 23 heavy (non-hydrogen) atoms. The Morgan fingerprint density at radius 3 is 2.43 bits per heavy atom. The smallest absolute Gasteiger partial charge is 0.0420 e. The van der Waals surface area contributed by atoms with Crippen LogP contribution in [0.3, 0.4) is 0 Å². The van der Waals surface area contributed by atoms with Crippen LogP contribution in [0.2, 0.25) is 0 Å². The minimum atomic E-state index is 0.619. The first-order valence-electron chi connectivity index (χ1n) is 8.68. The summed E-state index contributed by atoms with van der Waals surface area (Å²) in [6.07, 6.45) is 17.2. The third-order valence-corrected chi connectivity index (χ3v) is 4.20. The Kier molecular flexibility index (Phi) is 11.9. The van der Waals surface area contributed by atoms with E-state index in [4.69, 9.17) is 0 Å². The van der Waals surface area contributed by atoms with Gasteiger partial charge in [0.1, 0.15) is 0 Å². The van der Waals surface area contributed by atoms with Crippen LogP contribution in [-0.4, -0.2) is 25.5 Å². The quantitative estimate of drug-likeness (QED) is 0.540. The van der Waals surface area contributed by atoms with Crippen LogP contribution in [0.15, 0.2) is 59.5 Å². The van der Waals surface area contributed by atoms with Crippen molar-refractivity contribution in [2.45, 2.75) is 47.5 Å². The van der Waals surface area contributed by atoms with E-state index in [0.717, 1.165) is 13.0 Å². The topological polar surface area (TPSA) is 15.3 Å². The van der Waals surface area contributed by atoms with Gasteiger partial charge in [0.15, 0.2) is 0 Å². The fourth-order valence-corrected chi connectivity index (χ4v) is 2.29. The molecule has 0 amide bonds. The highest BCUT2D eigenvalue weighted by atomic mass is 15.1. The molecule has 1 atom stereocenters. The molecule has 0 heterocycles. The second-order valence-electron chi connectivity index (χ2n) is 6.01. The van der Waals surface area contributed by atoms with Crippen molar-refractivity contribution in [3.05, 3.63) is 59.5 Å². The fourth-order valence-electron chi connectivity index (χ4n) is 2.29. The molecule has 2 heteroatoms. The average Bonchev–Trinajstić information content (AvgIpc) is 2.56. The van der Waals surface area contributed by atoms with Gasteiger partial charge < -0.3 is 10.2 Å². The van der Waals surface area contributed by atoms with Gasteiger partial charge in [-0.05, 0) is 50.7 Å². The van der Waals surface area contributed by atoms with Crippen molar-refractivity contribution in [3.8, 4) is 0 Å². The van der Waals surface area contributed by atoms with Gasteiger partial charge in [-0.1, -0.05) is 49.8 Å². The molecular formula is C21H36N2. The normalized spacial score (nSPS) is 15.5. The highest BCUT2D eigenvalue weighted by Crippen LogP contribution is 2.20. The van der Waals surface area contributed by atoms with Gasteiger partial charge >= 0.3 is 0 Å². The molecule has 0 rings (SSSR count). The summed E-state index contributed by atoms with van der Waals surface area (Å²) in [7, 11) is 4.04. The maximum atomic E-state index is 3.04. The van der Waals surface area contributed by atoms with Crippen LogP contribution in [0.4, 0.5) is 0 Å². The molecule has 0 aromatic heterocycles. The molecule has 0 aliphatic carbocycles. The molecule has 0 saturated carbocycles. The second kappa shape index (κ2) is 12.8. The van der Waals surface area contributed by atoms with E-state index in [1.54, 1.807) is 0 Å². The monoisotopic (exact) mass is 316 g/mol. The van der Waals surface area contributed by atoms with Crippen molar-refractivity contribution >= 4 is 0 Å². The third kappa shape index (κ3) is 9.12. The SMILES string of the molecule is C/C=C\C(=C/C)C/C=C\C(CN(C)/C=C\NC)=C(/C)C(C)CC. The Bertz CT molecular complexity index is 464. The second-order valence-corrected chi connectivity index (χ2v) is 6.01. The Hall–Kier alpha value is -1.70. The Balaban J connectivity index is 5.17. The zero-order chi connectivity index (χ0) is 17.7. The lowest BCUT2D eigenvalue weighted by atomic mass is 9.94. The highest BCUT2D eigenvalue weighted by Gasteiger charge is 2.07. The van der Waals surface area contributed by atoms with Crippen molar-refractivity contribution < 1.29 is 0 Å². The van der Waals surface area contributed by atoms with E-state index in [2.05, 4.69) is 88.5 Å². The lowest BCUT2D eigenvalue weighted by Crippen LogP contribution is -2.16. The van der Waals surface area contributed by atoms with E-state index >= 15 is 0 Å². The van der Waals surface area contributed by atoms with Crippen LogP contribution in [0.1, 0.15) is 47.5 Å². The van der Waals surface area contributed by atoms with Gasteiger partial charge in [0.25, 0.3) is 0 Å². The fraction of sp³-hybridized carbons (Fsp3) is 0.524. The van der Waals surface area contributed by atoms with E-state index in [0.29, 0.717) is 5.92 Å². The molecular weight excluding hydrogens is 280 g/mol. The summed E-state index contributed by atoms with van der Waals surface area (Å²) in [5.41, 5.74) is 4.26. The standard InChI is InChI=1S/C21H36N2/c1-8-12-20(10-3)13-11-14-21(19(5)18(4)9-2)17-23(7)16-15-22-6/h8,10-12,14-16,18,22H,9,13,17H2,1-7H3/b12-8-,14-11-,16-15-,20-10+,21-19-. The molecule has 0 aliphatic rings. The summed E-state index contributed by atoms with van der Waals surface area (Å²) < 4.78 is 0. The number of nitrogens with one attached hydrogen (secondary N) is 1. The van der Waals surface area contributed by atoms with Gasteiger partial charge in [-0.25, -0.2) is 0 Å². The van der Waals surface area contributed by atoms with Gasteiger partial charge in [0, 0.05) is 33.0 Å². The van der Waals surface area contributed by atoms with Crippen LogP contribution < -0.4 is 5.32 Å². The number of hydrogen-bond acceptors (Lipinski definition) is 2. The summed E-state index contributed by atoms with van der Waals surface area (Å²) in [6, 6.07) is 0. The van der Waals surface area contributed by atoms with Crippen molar-refractivity contribution in [1.82, 2.24) is 10.2 Å². The lowest BCUT2D eigenvalue weighted by molar-refractivity contribution is 0.491. The zero-order valence-electron chi connectivity index (χ0n) is 16.2. The van der Waals surface area contributed by atoms with E-state index in [-0.39, 0.29) is 0 Å². The average molecular weight is 317 g/mol. The maximum absolute atomic E-state index is 3.04. The molecule has 130 valence electrons. The van der Waals surface area contributed by atoms with Gasteiger partial charge in [0.2, 0.25) is 0 Å². The molecule has 0 aromatic carbocycles. The molecule has 0 radical (unpaired) electrons. The van der Waals surface area contributed by atoms with Crippen LogP contribution in [0.25, 0.3) is 0 Å². The van der Waals surface area contributed by atoms with Crippen molar-refractivity contribution in [2.75, 3.05) is 20.6 Å². The van der Waals surface area contributed by atoms with Gasteiger partial charge in [-0.2, -0.15) is 0 Å². The first-order chi connectivity index (χ1) is 11.0. The van der Waals surface area contributed by atoms with E-state index in [1.807, 2.05) is 13.2 Å². The van der Waals surface area contributed by atoms with E-state index < -0.39 is 0 Å². The number of hydrogen-bond donors (Lipinski definition) is 1. The Morgan fingerprint density at radius 2 is 1.91 bits per heavy atom. The van der Waals surface area contributed by atoms with Crippen molar-refractivity contribution in [3.63, 3.8) is 0 Å². The Labute approximate surface area is 144 Å². The third-order valence-electron chi connectivity index (χ3n) is 4.20. The number of allylic oxidation sites excluding steroid dienone is 6. The zero-order valence-corrected chi connectivity index (χ0v) is 16.2. The molecule has 0 fully saturated rings. The molecule has 0 spiro atoms. The molecule has 0 aliphatic heterocycles. The number of rotatable bonds is 10. The predicted molar refractivity (Wildman–Crippen MR) is 105 cm³/mol. The van der Waals surface area contributed by atoms with Gasteiger partial charge in [0.05, 0.1) is 0 Å². The lowest BCUT2D eigenvalue weighted by Gasteiger charge is -2.20. The van der Waals surface area contributed by atoms with Crippen molar-refractivity contribution in [1.29, 1.82) is 0 Å². The van der Waals surface area contributed by atoms with Crippen LogP contribution in [0, 0.1) is 5.92 Å². The van der Waals surface area contributed by atoms with Crippen LogP contribution >= 0.6 is 0 Å². The maximum Gasteiger partial charge on any atom is 0.0420 e. The minimum absolute atomic E-state index is 0.619. The summed E-state index contributed by atoms with van der Waals surface area (Å²) in [5.74, 6) is 0.619. The molecule has 1 N–H and O–H groups in total. The molecule has 1 unspecified atom stereocenters. The predicted octanol–water partition coefficient (Wildman–Crippen LogP) is 5.44. The number of likely N-dealkylation sites (N-methyl/N-ethyl adjacent to an activating group) is 1. The van der Waals surface area contributed by atoms with E-state index in [9.17, 15) is 0 Å². The molecule has 0 bridgehead atoms. The number of nitrogens with zero attached hydrogens (tertiary/aromatic N) is 1. The first kappa shape index (κ1) is 21.3. The van der Waals surface area contributed by atoms with Crippen molar-refractivity contribution in [2.24, 2.45) is 5.92 Å². The molecule has 0 saturated heterocycles. The van der Waals surface area contributed by atoms with Crippen LogP contribution in [-0.2, 0) is 0 Å². The summed E-state index contributed by atoms with van der Waals surface area (Å²) in [4.78, 5) is 2.21. The summed E-state index contributed by atoms with van der Waals surface area (Å²) in [5, 5.41) is 3.04. The highest BCUT2D eigenvalue weighted by molar-refractivity contribution is 5.30. The van der Waals surface area contributed by atoms with E-state index in [1.165, 1.54) is 23.1 Å².